The Balaban J connectivity index is 2.43. The van der Waals surface area contributed by atoms with Gasteiger partial charge in [-0.3, -0.25) is 0 Å². The first-order valence-electron chi connectivity index (χ1n) is 3.75. The minimum Gasteiger partial charge on any atom is -0.369 e. The number of fused-ring (bicyclic) bond motifs is 1. The quantitative estimate of drug-likeness (QED) is 0.732. The third kappa shape index (κ3) is 1.09. The van der Waals surface area contributed by atoms with Gasteiger partial charge in [0, 0.05) is 16.6 Å². The summed E-state index contributed by atoms with van der Waals surface area (Å²) in [5.41, 5.74) is 2.29. The van der Waals surface area contributed by atoms with Gasteiger partial charge in [-0.25, -0.2) is 0 Å². The van der Waals surface area contributed by atoms with Crippen LogP contribution in [0.1, 0.15) is 5.56 Å². The zero-order valence-corrected chi connectivity index (χ0v) is 7.93. The molecule has 0 spiro atoms. The summed E-state index contributed by atoms with van der Waals surface area (Å²) >= 11 is 3.45. The Morgan fingerprint density at radius 1 is 1.58 bits per heavy atom. The highest BCUT2D eigenvalue weighted by molar-refractivity contribution is 9.10. The van der Waals surface area contributed by atoms with E-state index < -0.39 is 0 Å². The lowest BCUT2D eigenvalue weighted by molar-refractivity contribution is 0.935. The number of halogens is 1. The van der Waals surface area contributed by atoms with Crippen LogP contribution in [-0.4, -0.2) is 6.04 Å². The van der Waals surface area contributed by atoms with Crippen LogP contribution in [0, 0.1) is 11.3 Å². The first kappa shape index (κ1) is 7.63. The molecule has 12 heavy (non-hydrogen) atoms. The van der Waals surface area contributed by atoms with Gasteiger partial charge >= 0.3 is 0 Å². The second kappa shape index (κ2) is 2.80. The summed E-state index contributed by atoms with van der Waals surface area (Å²) in [6.07, 6.45) is 0.799. The van der Waals surface area contributed by atoms with Gasteiger partial charge in [0.2, 0.25) is 0 Å². The predicted molar refractivity (Wildman–Crippen MR) is 50.9 cm³/mol. The molecule has 1 unspecified atom stereocenters. The lowest BCUT2D eigenvalue weighted by atomic mass is 10.1. The van der Waals surface area contributed by atoms with Gasteiger partial charge in [-0.1, -0.05) is 22.0 Å². The molecule has 1 atom stereocenters. The van der Waals surface area contributed by atoms with Crippen molar-refractivity contribution >= 4 is 21.6 Å². The fraction of sp³-hybridized carbons (Fsp3) is 0.222. The maximum absolute atomic E-state index is 8.70. The topological polar surface area (TPSA) is 35.8 Å². The first-order valence-corrected chi connectivity index (χ1v) is 4.54. The van der Waals surface area contributed by atoms with E-state index in [0.29, 0.717) is 0 Å². The van der Waals surface area contributed by atoms with E-state index in [4.69, 9.17) is 5.26 Å². The Morgan fingerprint density at radius 3 is 3.08 bits per heavy atom. The summed E-state index contributed by atoms with van der Waals surface area (Å²) in [5.74, 6) is 0. The molecule has 0 saturated heterocycles. The highest BCUT2D eigenvalue weighted by Gasteiger charge is 2.21. The number of hydrogen-bond acceptors (Lipinski definition) is 2. The van der Waals surface area contributed by atoms with Crippen LogP contribution >= 0.6 is 15.9 Å². The number of rotatable bonds is 0. The molecule has 1 N–H and O–H groups in total. The van der Waals surface area contributed by atoms with Crippen LogP contribution in [-0.2, 0) is 6.42 Å². The van der Waals surface area contributed by atoms with Crippen molar-refractivity contribution < 1.29 is 0 Å². The van der Waals surface area contributed by atoms with Crippen LogP contribution in [0.4, 0.5) is 5.69 Å². The maximum atomic E-state index is 8.70. The van der Waals surface area contributed by atoms with Crippen LogP contribution in [0.2, 0.25) is 0 Å². The lowest BCUT2D eigenvalue weighted by Gasteiger charge is -1.99. The van der Waals surface area contributed by atoms with E-state index >= 15 is 0 Å². The van der Waals surface area contributed by atoms with Crippen molar-refractivity contribution in [1.29, 1.82) is 5.26 Å². The van der Waals surface area contributed by atoms with Crippen molar-refractivity contribution in [2.45, 2.75) is 12.5 Å². The summed E-state index contributed by atoms with van der Waals surface area (Å²) < 4.78 is 1.09. The fourth-order valence-electron chi connectivity index (χ4n) is 1.42. The third-order valence-corrected chi connectivity index (χ3v) is 2.76. The minimum atomic E-state index is -0.0568. The molecule has 0 saturated carbocycles. The van der Waals surface area contributed by atoms with Crippen molar-refractivity contribution in [3.63, 3.8) is 0 Å². The Bertz CT molecular complexity index is 354. The summed E-state index contributed by atoms with van der Waals surface area (Å²) in [6.45, 7) is 0. The summed E-state index contributed by atoms with van der Waals surface area (Å²) in [4.78, 5) is 0. The molecule has 2 nitrogen and oxygen atoms in total. The second-order valence-corrected chi connectivity index (χ2v) is 3.65. The number of nitrogens with zero attached hydrogens (tertiary/aromatic N) is 1. The summed E-state index contributed by atoms with van der Waals surface area (Å²) in [7, 11) is 0. The zero-order valence-electron chi connectivity index (χ0n) is 6.34. The monoisotopic (exact) mass is 222 g/mol. The summed E-state index contributed by atoms with van der Waals surface area (Å²) in [6, 6.07) is 8.11. The lowest BCUT2D eigenvalue weighted by Crippen LogP contribution is -2.11. The van der Waals surface area contributed by atoms with E-state index in [-0.39, 0.29) is 6.04 Å². The molecule has 60 valence electrons. The van der Waals surface area contributed by atoms with Crippen molar-refractivity contribution in [3.8, 4) is 6.07 Å². The van der Waals surface area contributed by atoms with Crippen molar-refractivity contribution in [2.24, 2.45) is 0 Å². The van der Waals surface area contributed by atoms with Crippen LogP contribution in [0.3, 0.4) is 0 Å². The van der Waals surface area contributed by atoms with E-state index in [2.05, 4.69) is 27.3 Å². The highest BCUT2D eigenvalue weighted by atomic mass is 79.9. The van der Waals surface area contributed by atoms with E-state index in [1.165, 1.54) is 5.56 Å². The Labute approximate surface area is 79.3 Å². The summed E-state index contributed by atoms with van der Waals surface area (Å²) in [5, 5.41) is 11.8. The molecule has 0 bridgehead atoms. The number of anilines is 1. The van der Waals surface area contributed by atoms with Crippen molar-refractivity contribution in [1.82, 2.24) is 0 Å². The Hall–Kier alpha value is -1.01. The van der Waals surface area contributed by atoms with Gasteiger partial charge in [0.25, 0.3) is 0 Å². The molecule has 1 aliphatic rings. The number of hydrogen-bond donors (Lipinski definition) is 1. The van der Waals surface area contributed by atoms with Crippen LogP contribution < -0.4 is 5.32 Å². The maximum Gasteiger partial charge on any atom is 0.118 e. The predicted octanol–water partition coefficient (Wildman–Crippen LogP) is 2.31. The fourth-order valence-corrected chi connectivity index (χ4v) is 1.95. The number of nitrogens with one attached hydrogen (secondary N) is 1. The van der Waals surface area contributed by atoms with Crippen LogP contribution in [0.25, 0.3) is 0 Å². The number of nitriles is 1. The zero-order chi connectivity index (χ0) is 8.55. The molecule has 1 aromatic carbocycles. The van der Waals surface area contributed by atoms with Gasteiger partial charge in [-0.15, -0.1) is 0 Å². The highest BCUT2D eigenvalue weighted by Crippen LogP contribution is 2.31. The average Bonchev–Trinajstić information content (AvgIpc) is 2.49. The molecule has 1 aromatic rings. The van der Waals surface area contributed by atoms with E-state index in [1.54, 1.807) is 0 Å². The molecule has 0 amide bonds. The molecular formula is C9H7BrN2. The van der Waals surface area contributed by atoms with Gasteiger partial charge in [-0.2, -0.15) is 5.26 Å². The van der Waals surface area contributed by atoms with Crippen molar-refractivity contribution in [3.05, 3.63) is 28.2 Å². The minimum absolute atomic E-state index is 0.0568. The van der Waals surface area contributed by atoms with Crippen LogP contribution in [0.15, 0.2) is 22.7 Å². The SMILES string of the molecule is N#CC1Cc2c(Br)cccc2N1. The normalized spacial score (nSPS) is 19.5. The van der Waals surface area contributed by atoms with E-state index in [9.17, 15) is 0 Å². The number of benzene rings is 1. The molecule has 3 heteroatoms. The second-order valence-electron chi connectivity index (χ2n) is 2.80. The Morgan fingerprint density at radius 2 is 2.42 bits per heavy atom. The van der Waals surface area contributed by atoms with Gasteiger partial charge in [-0.05, 0) is 17.7 Å². The first-order chi connectivity index (χ1) is 5.81. The molecule has 2 rings (SSSR count). The molecule has 1 aliphatic heterocycles. The average molecular weight is 223 g/mol. The van der Waals surface area contributed by atoms with E-state index in [1.807, 2.05) is 18.2 Å². The largest absolute Gasteiger partial charge is 0.369 e. The molecule has 0 aromatic heterocycles. The molecule has 1 heterocycles. The smallest absolute Gasteiger partial charge is 0.118 e. The molecular weight excluding hydrogens is 216 g/mol. The van der Waals surface area contributed by atoms with Gasteiger partial charge in [0.05, 0.1) is 6.07 Å². The van der Waals surface area contributed by atoms with E-state index in [0.717, 1.165) is 16.6 Å². The van der Waals surface area contributed by atoms with Gasteiger partial charge in [0.1, 0.15) is 6.04 Å². The Kier molecular flexibility index (Phi) is 1.78. The van der Waals surface area contributed by atoms with Crippen LogP contribution in [0.5, 0.6) is 0 Å². The molecule has 0 radical (unpaired) electrons. The molecule has 0 fully saturated rings. The standard InChI is InChI=1S/C9H7BrN2/c10-8-2-1-3-9-7(8)4-6(5-11)12-9/h1-3,6,12H,4H2. The van der Waals surface area contributed by atoms with Gasteiger partial charge in [0.15, 0.2) is 0 Å². The molecule has 0 aliphatic carbocycles. The van der Waals surface area contributed by atoms with Crippen molar-refractivity contribution in [2.75, 3.05) is 5.32 Å². The third-order valence-electron chi connectivity index (χ3n) is 2.01. The van der Waals surface area contributed by atoms with Gasteiger partial charge < -0.3 is 5.32 Å².